The predicted octanol–water partition coefficient (Wildman–Crippen LogP) is 10.9. The highest BCUT2D eigenvalue weighted by molar-refractivity contribution is 5.83. The van der Waals surface area contributed by atoms with E-state index in [2.05, 4.69) is 73.5 Å². The number of halogens is 4. The maximum absolute atomic E-state index is 13.9. The van der Waals surface area contributed by atoms with Gasteiger partial charge in [0.25, 0.3) is 0 Å². The number of benzene rings is 4. The molecule has 6 rings (SSSR count). The number of piperidine rings is 1. The zero-order valence-electron chi connectivity index (χ0n) is 26.5. The van der Waals surface area contributed by atoms with Gasteiger partial charge in [-0.3, -0.25) is 4.90 Å². The van der Waals surface area contributed by atoms with Crippen molar-refractivity contribution in [3.63, 3.8) is 0 Å². The lowest BCUT2D eigenvalue weighted by Crippen LogP contribution is -2.58. The first kappa shape index (κ1) is 31.6. The fraction of sp³-hybridized carbons (Fsp3) is 0.436. The van der Waals surface area contributed by atoms with Gasteiger partial charge in [0.15, 0.2) is 0 Å². The Morgan fingerprint density at radius 2 is 1.47 bits per heavy atom. The minimum atomic E-state index is -4.38. The summed E-state index contributed by atoms with van der Waals surface area (Å²) in [5.41, 5.74) is 2.27. The van der Waals surface area contributed by atoms with Crippen LogP contribution in [-0.4, -0.2) is 18.0 Å². The van der Waals surface area contributed by atoms with Crippen LogP contribution in [0.1, 0.15) is 75.6 Å². The van der Waals surface area contributed by atoms with Crippen LogP contribution in [-0.2, 0) is 11.7 Å². The van der Waals surface area contributed by atoms with Crippen molar-refractivity contribution in [1.82, 2.24) is 4.90 Å². The molecule has 1 saturated heterocycles. The molecule has 2 fully saturated rings. The molecule has 238 valence electrons. The molecule has 1 aliphatic carbocycles. The average molecular weight is 617 g/mol. The van der Waals surface area contributed by atoms with Crippen molar-refractivity contribution in [2.75, 3.05) is 18.4 Å². The molecule has 4 aromatic carbocycles. The lowest BCUT2D eigenvalue weighted by molar-refractivity contribution is -0.137. The Morgan fingerprint density at radius 3 is 2.11 bits per heavy atom. The first-order chi connectivity index (χ1) is 21.5. The largest absolute Gasteiger partial charge is 0.416 e. The second-order valence-electron chi connectivity index (χ2n) is 13.8. The van der Waals surface area contributed by atoms with Gasteiger partial charge in [-0.15, -0.1) is 0 Å². The smallest absolute Gasteiger partial charge is 0.378 e. The van der Waals surface area contributed by atoms with Crippen molar-refractivity contribution in [2.24, 2.45) is 23.7 Å². The van der Waals surface area contributed by atoms with Crippen LogP contribution in [0.5, 0.6) is 0 Å². The highest BCUT2D eigenvalue weighted by atomic mass is 19.4. The van der Waals surface area contributed by atoms with Gasteiger partial charge in [-0.1, -0.05) is 75.7 Å². The van der Waals surface area contributed by atoms with E-state index in [0.29, 0.717) is 23.4 Å². The number of hydrogen-bond donors (Lipinski definition) is 1. The summed E-state index contributed by atoms with van der Waals surface area (Å²) in [7, 11) is 0. The van der Waals surface area contributed by atoms with Crippen LogP contribution >= 0.6 is 0 Å². The molecule has 4 unspecified atom stereocenters. The summed E-state index contributed by atoms with van der Waals surface area (Å²) in [4.78, 5) is 2.77. The number of anilines is 1. The molecule has 0 bridgehead atoms. The Kier molecular flexibility index (Phi) is 8.98. The standard InChI is InChI=1S/C39H44F4N2/c1-26(2)36-19-8-27(3)25-38(36,33-12-9-28-6-4-5-7-31(28)24-33)45-22-20-30(21-23-45)37(29-10-15-34(40)16-11-29)44-35-17-13-32(14-18-35)39(41,42)43/h4-7,9-18,24,26-27,30,36-37,44H,8,19-23,25H2,1-3H3. The molecule has 6 heteroatoms. The molecule has 4 aromatic rings. The van der Waals surface area contributed by atoms with Gasteiger partial charge in [-0.2, -0.15) is 13.2 Å². The number of hydrogen-bond acceptors (Lipinski definition) is 2. The second kappa shape index (κ2) is 12.8. The number of rotatable bonds is 7. The minimum absolute atomic E-state index is 0.0624. The van der Waals surface area contributed by atoms with Crippen LogP contribution < -0.4 is 5.32 Å². The van der Waals surface area contributed by atoms with E-state index in [9.17, 15) is 17.6 Å². The molecule has 1 saturated carbocycles. The molecule has 45 heavy (non-hydrogen) atoms. The third-order valence-corrected chi connectivity index (χ3v) is 10.6. The summed E-state index contributed by atoms with van der Waals surface area (Å²) in [5.74, 6) is 1.63. The molecule has 0 aromatic heterocycles. The highest BCUT2D eigenvalue weighted by Crippen LogP contribution is 2.53. The quantitative estimate of drug-likeness (QED) is 0.208. The summed E-state index contributed by atoms with van der Waals surface area (Å²) in [6.07, 6.45) is 1.07. The number of fused-ring (bicyclic) bond motifs is 1. The SMILES string of the molecule is CC1CCC(C(C)C)C(c2ccc3ccccc3c2)(N2CCC(C(Nc3ccc(C(F)(F)F)cc3)c3ccc(F)cc3)CC2)C1. The van der Waals surface area contributed by atoms with Crippen LogP contribution in [0.25, 0.3) is 10.8 Å². The van der Waals surface area contributed by atoms with Gasteiger partial charge >= 0.3 is 6.18 Å². The molecular formula is C39H44F4N2. The van der Waals surface area contributed by atoms with Crippen molar-refractivity contribution in [3.05, 3.63) is 114 Å². The molecular weight excluding hydrogens is 572 g/mol. The Morgan fingerprint density at radius 1 is 0.800 bits per heavy atom. The summed E-state index contributed by atoms with van der Waals surface area (Å²) >= 11 is 0. The monoisotopic (exact) mass is 616 g/mol. The predicted molar refractivity (Wildman–Crippen MR) is 175 cm³/mol. The van der Waals surface area contributed by atoms with Crippen LogP contribution in [0.15, 0.2) is 91.0 Å². The lowest BCUT2D eigenvalue weighted by Gasteiger charge is -2.57. The summed E-state index contributed by atoms with van der Waals surface area (Å²) < 4.78 is 53.6. The summed E-state index contributed by atoms with van der Waals surface area (Å²) in [5, 5.41) is 6.09. The molecule has 2 nitrogen and oxygen atoms in total. The second-order valence-corrected chi connectivity index (χ2v) is 13.8. The van der Waals surface area contributed by atoms with Crippen molar-refractivity contribution in [2.45, 2.75) is 70.6 Å². The van der Waals surface area contributed by atoms with E-state index >= 15 is 0 Å². The van der Waals surface area contributed by atoms with Crippen LogP contribution in [0.2, 0.25) is 0 Å². The van der Waals surface area contributed by atoms with Gasteiger partial charge in [-0.25, -0.2) is 4.39 Å². The van der Waals surface area contributed by atoms with Gasteiger partial charge in [0.05, 0.1) is 11.6 Å². The van der Waals surface area contributed by atoms with Gasteiger partial charge in [0.1, 0.15) is 5.82 Å². The first-order valence-corrected chi connectivity index (χ1v) is 16.5. The van der Waals surface area contributed by atoms with Gasteiger partial charge in [0, 0.05) is 11.2 Å². The normalized spacial score (nSPS) is 24.2. The fourth-order valence-electron chi connectivity index (χ4n) is 8.42. The van der Waals surface area contributed by atoms with E-state index in [1.165, 1.54) is 53.4 Å². The Hall–Kier alpha value is -3.38. The Bertz CT molecular complexity index is 1570. The van der Waals surface area contributed by atoms with E-state index < -0.39 is 11.7 Å². The first-order valence-electron chi connectivity index (χ1n) is 16.5. The molecule has 0 spiro atoms. The maximum atomic E-state index is 13.9. The third kappa shape index (κ3) is 6.49. The average Bonchev–Trinajstić information content (AvgIpc) is 3.03. The van der Waals surface area contributed by atoms with Gasteiger partial charge < -0.3 is 5.32 Å². The minimum Gasteiger partial charge on any atom is -0.378 e. The highest BCUT2D eigenvalue weighted by Gasteiger charge is 2.50. The molecule has 0 radical (unpaired) electrons. The molecule has 0 amide bonds. The zero-order chi connectivity index (χ0) is 31.8. The molecule has 1 N–H and O–H groups in total. The van der Waals surface area contributed by atoms with E-state index in [-0.39, 0.29) is 23.3 Å². The topological polar surface area (TPSA) is 15.3 Å². The third-order valence-electron chi connectivity index (χ3n) is 10.6. The van der Waals surface area contributed by atoms with E-state index in [1.807, 2.05) is 0 Å². The number of nitrogens with zero attached hydrogens (tertiary/aromatic N) is 1. The van der Waals surface area contributed by atoms with Crippen molar-refractivity contribution < 1.29 is 17.6 Å². The summed E-state index contributed by atoms with van der Waals surface area (Å²) in [6.45, 7) is 9.01. The Balaban J connectivity index is 1.31. The summed E-state index contributed by atoms with van der Waals surface area (Å²) in [6, 6.07) is 27.3. The molecule has 4 atom stereocenters. The maximum Gasteiger partial charge on any atom is 0.416 e. The number of likely N-dealkylation sites (tertiary alicyclic amines) is 1. The Labute approximate surface area is 264 Å². The van der Waals surface area contributed by atoms with Gasteiger partial charge in [-0.05, 0) is 127 Å². The zero-order valence-corrected chi connectivity index (χ0v) is 26.5. The van der Waals surface area contributed by atoms with Crippen LogP contribution in [0.3, 0.4) is 0 Å². The molecule has 2 aliphatic rings. The van der Waals surface area contributed by atoms with Crippen molar-refractivity contribution >= 4 is 16.5 Å². The number of nitrogens with one attached hydrogen (secondary N) is 1. The van der Waals surface area contributed by atoms with Crippen LogP contribution in [0, 0.1) is 29.5 Å². The number of alkyl halides is 3. The fourth-order valence-corrected chi connectivity index (χ4v) is 8.42. The molecule has 1 aliphatic heterocycles. The van der Waals surface area contributed by atoms with E-state index in [1.54, 1.807) is 12.1 Å². The van der Waals surface area contributed by atoms with Gasteiger partial charge in [0.2, 0.25) is 0 Å². The van der Waals surface area contributed by atoms with Crippen LogP contribution in [0.4, 0.5) is 23.2 Å². The van der Waals surface area contributed by atoms with Crippen molar-refractivity contribution in [1.29, 1.82) is 0 Å². The van der Waals surface area contributed by atoms with E-state index in [0.717, 1.165) is 50.0 Å². The van der Waals surface area contributed by atoms with E-state index in [4.69, 9.17) is 0 Å². The molecule has 1 heterocycles. The van der Waals surface area contributed by atoms with Crippen molar-refractivity contribution in [3.8, 4) is 0 Å². The lowest BCUT2D eigenvalue weighted by atomic mass is 9.60.